The number of ether oxygens (including phenoxy) is 4. The lowest BCUT2D eigenvalue weighted by atomic mass is 9.88. The predicted molar refractivity (Wildman–Crippen MR) is 173 cm³/mol. The standard InChI is InChI=1S/C25H31NO9.C5H9NO2.C3H4O/c1-4-25(16-31-3,18-34-24(30)15-26(2)22(28)6-5-11-27)17-32-12-13-33-20-9-7-19-8-10-23(29)35-21(19)14-20;1-5(8)6(2)3-4-7;1-2-3-4/h5-11,14H,4,12-13,15-18H2,1-3H3;4H,3H2,1-2H3;2-3H,1H2/b6-5-;;. The fraction of sp³-hybridized carbons (Fsp3) is 0.424. The van der Waals surface area contributed by atoms with Crippen molar-refractivity contribution in [2.24, 2.45) is 5.41 Å². The molecule has 14 heteroatoms. The maximum atomic E-state index is 12.2. The van der Waals surface area contributed by atoms with Crippen LogP contribution >= 0.6 is 0 Å². The van der Waals surface area contributed by atoms with Crippen molar-refractivity contribution in [3.05, 3.63) is 65.6 Å². The molecule has 0 fully saturated rings. The molecule has 0 aliphatic rings. The van der Waals surface area contributed by atoms with Gasteiger partial charge in [0.1, 0.15) is 49.9 Å². The summed E-state index contributed by atoms with van der Waals surface area (Å²) in [5.41, 5.74) is -0.563. The van der Waals surface area contributed by atoms with Crippen molar-refractivity contribution in [1.29, 1.82) is 0 Å². The number of amides is 2. The average Bonchev–Trinajstić information content (AvgIpc) is 3.06. The van der Waals surface area contributed by atoms with Crippen LogP contribution in [-0.2, 0) is 43.0 Å². The lowest BCUT2D eigenvalue weighted by Gasteiger charge is -2.31. The zero-order chi connectivity index (χ0) is 35.7. The molecule has 0 N–H and O–H groups in total. The summed E-state index contributed by atoms with van der Waals surface area (Å²) in [5.74, 6) is -0.605. The zero-order valence-electron chi connectivity index (χ0n) is 27.5. The molecule has 0 bridgehead atoms. The normalized spacial score (nSPS) is 11.4. The van der Waals surface area contributed by atoms with E-state index in [4.69, 9.17) is 28.2 Å². The molecule has 0 spiro atoms. The average molecular weight is 661 g/mol. The molecule has 0 saturated carbocycles. The van der Waals surface area contributed by atoms with Crippen LogP contribution in [0.4, 0.5) is 0 Å². The maximum Gasteiger partial charge on any atom is 0.336 e. The molecular formula is C33H44N2O12. The van der Waals surface area contributed by atoms with Gasteiger partial charge in [-0.25, -0.2) is 4.79 Å². The van der Waals surface area contributed by atoms with Gasteiger partial charge in [0.25, 0.3) is 0 Å². The number of hydrogen-bond donors (Lipinski definition) is 0. The van der Waals surface area contributed by atoms with Crippen molar-refractivity contribution in [3.8, 4) is 5.75 Å². The van der Waals surface area contributed by atoms with Crippen LogP contribution in [0.3, 0.4) is 0 Å². The molecule has 0 aliphatic carbocycles. The summed E-state index contributed by atoms with van der Waals surface area (Å²) in [6, 6.07) is 8.27. The van der Waals surface area contributed by atoms with Crippen LogP contribution in [0.25, 0.3) is 11.0 Å². The Balaban J connectivity index is 0.00000149. The molecule has 14 nitrogen and oxygen atoms in total. The van der Waals surface area contributed by atoms with E-state index in [0.29, 0.717) is 43.2 Å². The van der Waals surface area contributed by atoms with Gasteiger partial charge in [-0.1, -0.05) is 13.5 Å². The Kier molecular flexibility index (Phi) is 21.7. The van der Waals surface area contributed by atoms with Gasteiger partial charge in [-0.3, -0.25) is 24.0 Å². The minimum absolute atomic E-state index is 0.0486. The summed E-state index contributed by atoms with van der Waals surface area (Å²) in [7, 11) is 4.57. The minimum Gasteiger partial charge on any atom is -0.491 e. The van der Waals surface area contributed by atoms with Crippen LogP contribution in [0.5, 0.6) is 5.75 Å². The van der Waals surface area contributed by atoms with Gasteiger partial charge in [0.15, 0.2) is 0 Å². The molecule has 0 saturated heterocycles. The van der Waals surface area contributed by atoms with E-state index in [1.807, 2.05) is 6.92 Å². The van der Waals surface area contributed by atoms with Gasteiger partial charge in [0.05, 0.1) is 31.8 Å². The number of fused-ring (bicyclic) bond motifs is 1. The van der Waals surface area contributed by atoms with E-state index < -0.39 is 22.9 Å². The van der Waals surface area contributed by atoms with Crippen LogP contribution < -0.4 is 10.4 Å². The highest BCUT2D eigenvalue weighted by atomic mass is 16.5. The van der Waals surface area contributed by atoms with Gasteiger partial charge in [-0.05, 0) is 36.8 Å². The van der Waals surface area contributed by atoms with E-state index in [0.717, 1.165) is 22.4 Å². The number of allylic oxidation sites excluding steroid dienone is 2. The molecule has 0 aliphatic heterocycles. The van der Waals surface area contributed by atoms with Crippen LogP contribution in [0, 0.1) is 5.41 Å². The third-order valence-electron chi connectivity index (χ3n) is 6.28. The van der Waals surface area contributed by atoms with Crippen molar-refractivity contribution >= 4 is 47.6 Å². The largest absolute Gasteiger partial charge is 0.491 e. The van der Waals surface area contributed by atoms with Crippen LogP contribution in [-0.4, -0.2) is 114 Å². The lowest BCUT2D eigenvalue weighted by Crippen LogP contribution is -2.39. The van der Waals surface area contributed by atoms with Crippen molar-refractivity contribution < 1.29 is 52.1 Å². The van der Waals surface area contributed by atoms with Crippen molar-refractivity contribution in [1.82, 2.24) is 9.80 Å². The Morgan fingerprint density at radius 3 is 2.21 bits per heavy atom. The zero-order valence-corrected chi connectivity index (χ0v) is 27.5. The summed E-state index contributed by atoms with van der Waals surface area (Å²) in [5, 5.41) is 0.794. The number of benzene rings is 1. The van der Waals surface area contributed by atoms with Crippen molar-refractivity contribution in [2.45, 2.75) is 20.3 Å². The second-order valence-corrected chi connectivity index (χ2v) is 9.93. The molecule has 1 aromatic heterocycles. The molecule has 1 aromatic carbocycles. The lowest BCUT2D eigenvalue weighted by molar-refractivity contribution is -0.154. The van der Waals surface area contributed by atoms with E-state index in [1.54, 1.807) is 38.4 Å². The van der Waals surface area contributed by atoms with E-state index in [9.17, 15) is 28.8 Å². The highest BCUT2D eigenvalue weighted by Crippen LogP contribution is 2.24. The summed E-state index contributed by atoms with van der Waals surface area (Å²) in [6.45, 7) is 7.55. The van der Waals surface area contributed by atoms with Crippen LogP contribution in [0.15, 0.2) is 64.4 Å². The van der Waals surface area contributed by atoms with E-state index >= 15 is 0 Å². The second kappa shape index (κ2) is 24.3. The topological polar surface area (TPSA) is 176 Å². The molecule has 258 valence electrons. The third-order valence-corrected chi connectivity index (χ3v) is 6.28. The van der Waals surface area contributed by atoms with Gasteiger partial charge < -0.3 is 38.0 Å². The molecule has 1 unspecified atom stereocenters. The monoisotopic (exact) mass is 660 g/mol. The Bertz CT molecular complexity index is 1380. The molecule has 2 aromatic rings. The van der Waals surface area contributed by atoms with Gasteiger partial charge in [-0.2, -0.15) is 0 Å². The fourth-order valence-corrected chi connectivity index (χ4v) is 3.42. The summed E-state index contributed by atoms with van der Waals surface area (Å²) < 4.78 is 27.4. The number of likely N-dealkylation sites (N-methyl/N-ethyl adjacent to an activating group) is 2. The first kappa shape index (κ1) is 42.0. The van der Waals surface area contributed by atoms with Crippen molar-refractivity contribution in [2.75, 3.05) is 67.3 Å². The predicted octanol–water partition coefficient (Wildman–Crippen LogP) is 2.02. The van der Waals surface area contributed by atoms with Gasteiger partial charge >= 0.3 is 11.6 Å². The molecule has 47 heavy (non-hydrogen) atoms. The molecule has 0 radical (unpaired) electrons. The fourth-order valence-electron chi connectivity index (χ4n) is 3.42. The van der Waals surface area contributed by atoms with Crippen LogP contribution in [0.2, 0.25) is 0 Å². The molecule has 2 rings (SSSR count). The Labute approximate surface area is 273 Å². The Morgan fingerprint density at radius 2 is 1.66 bits per heavy atom. The van der Waals surface area contributed by atoms with E-state index in [2.05, 4.69) is 6.58 Å². The first-order chi connectivity index (χ1) is 22.4. The molecule has 1 atom stereocenters. The second-order valence-electron chi connectivity index (χ2n) is 9.93. The quantitative estimate of drug-likeness (QED) is 0.0749. The van der Waals surface area contributed by atoms with Crippen molar-refractivity contribution in [3.63, 3.8) is 0 Å². The highest BCUT2D eigenvalue weighted by Gasteiger charge is 2.31. The number of carbonyl (C=O) groups excluding carboxylic acids is 6. The molecule has 2 amide bonds. The maximum absolute atomic E-state index is 12.2. The van der Waals surface area contributed by atoms with E-state index in [-0.39, 0.29) is 45.4 Å². The molecular weight excluding hydrogens is 616 g/mol. The number of hydrogen-bond acceptors (Lipinski definition) is 12. The van der Waals surface area contributed by atoms with E-state index in [1.165, 1.54) is 31.0 Å². The summed E-state index contributed by atoms with van der Waals surface area (Å²) in [4.78, 5) is 77.3. The first-order valence-corrected chi connectivity index (χ1v) is 14.4. The van der Waals surface area contributed by atoms with Gasteiger partial charge in [-0.15, -0.1) is 0 Å². The summed E-state index contributed by atoms with van der Waals surface area (Å²) >= 11 is 0. The molecule has 1 heterocycles. The Morgan fingerprint density at radius 1 is 0.979 bits per heavy atom. The number of rotatable bonds is 18. The number of esters is 1. The highest BCUT2D eigenvalue weighted by molar-refractivity contribution is 5.92. The number of methoxy groups -OCH3 is 1. The first-order valence-electron chi connectivity index (χ1n) is 14.4. The smallest absolute Gasteiger partial charge is 0.336 e. The van der Waals surface area contributed by atoms with Gasteiger partial charge in [0, 0.05) is 51.7 Å². The van der Waals surface area contributed by atoms with Crippen LogP contribution in [0.1, 0.15) is 20.3 Å². The number of carbonyl (C=O) groups is 6. The van der Waals surface area contributed by atoms with Gasteiger partial charge in [0.2, 0.25) is 11.8 Å². The SMILES string of the molecule is C=CC=O.CC(=O)N(C)CC=O.CCC(COC)(COCCOc1ccc2ccc(=O)oc2c1)COC(=O)CN(C)C(=O)/C=C\C=O. The number of nitrogens with zero attached hydrogens (tertiary/aromatic N) is 2. The Hall–Kier alpha value is -4.95. The summed E-state index contributed by atoms with van der Waals surface area (Å²) in [6.07, 6.45) is 5.77. The number of aldehydes is 3. The minimum atomic E-state index is -0.583. The third kappa shape index (κ3) is 18.0.